The minimum atomic E-state index is -0.389. The molecular formula is C10H14N2OS. The van der Waals surface area contributed by atoms with Crippen molar-refractivity contribution in [2.75, 3.05) is 18.0 Å². The van der Waals surface area contributed by atoms with Crippen molar-refractivity contribution in [1.29, 1.82) is 0 Å². The predicted molar refractivity (Wildman–Crippen MR) is 56.7 cm³/mol. The zero-order valence-corrected chi connectivity index (χ0v) is 9.05. The zero-order chi connectivity index (χ0) is 9.76. The van der Waals surface area contributed by atoms with Gasteiger partial charge in [-0.2, -0.15) is 0 Å². The van der Waals surface area contributed by atoms with Gasteiger partial charge in [-0.15, -0.1) is 11.3 Å². The number of β-amino-alcohol motifs (C(OH)–C–C–N with tert-alkyl or cyclic N) is 1. The van der Waals surface area contributed by atoms with Crippen LogP contribution in [0.5, 0.6) is 0 Å². The number of anilines is 1. The smallest absolute Gasteiger partial charge is 0.185 e. The van der Waals surface area contributed by atoms with Gasteiger partial charge in [-0.3, -0.25) is 0 Å². The normalized spacial score (nSPS) is 24.9. The monoisotopic (exact) mass is 210 g/mol. The molecule has 0 atom stereocenters. The molecule has 1 saturated carbocycles. The van der Waals surface area contributed by atoms with E-state index in [0.717, 1.165) is 23.9 Å². The van der Waals surface area contributed by atoms with Gasteiger partial charge in [0.15, 0.2) is 5.13 Å². The Morgan fingerprint density at radius 3 is 2.79 bits per heavy atom. The Morgan fingerprint density at radius 1 is 1.57 bits per heavy atom. The average Bonchev–Trinajstić information content (AvgIpc) is 2.85. The molecular weight excluding hydrogens is 196 g/mol. The SMILES string of the molecule is Cc1csc(N2CC(O)(C3CC3)C2)n1. The number of thiazole rings is 1. The molecule has 1 aliphatic heterocycles. The molecule has 0 spiro atoms. The van der Waals surface area contributed by atoms with Crippen molar-refractivity contribution in [1.82, 2.24) is 4.98 Å². The molecule has 1 N–H and O–H groups in total. The molecule has 1 aromatic rings. The summed E-state index contributed by atoms with van der Waals surface area (Å²) in [7, 11) is 0. The van der Waals surface area contributed by atoms with Gasteiger partial charge in [-0.25, -0.2) is 4.98 Å². The Balaban J connectivity index is 1.68. The summed E-state index contributed by atoms with van der Waals surface area (Å²) in [5, 5.41) is 13.2. The van der Waals surface area contributed by atoms with Gasteiger partial charge in [0.25, 0.3) is 0 Å². The molecule has 4 heteroatoms. The molecule has 1 aliphatic carbocycles. The van der Waals surface area contributed by atoms with Crippen LogP contribution in [0.15, 0.2) is 5.38 Å². The number of hydrogen-bond acceptors (Lipinski definition) is 4. The van der Waals surface area contributed by atoms with E-state index in [-0.39, 0.29) is 5.60 Å². The fourth-order valence-electron chi connectivity index (χ4n) is 2.12. The van der Waals surface area contributed by atoms with Crippen LogP contribution < -0.4 is 4.90 Å². The maximum absolute atomic E-state index is 10.1. The van der Waals surface area contributed by atoms with Crippen LogP contribution >= 0.6 is 11.3 Å². The van der Waals surface area contributed by atoms with Gasteiger partial charge in [0.2, 0.25) is 0 Å². The van der Waals surface area contributed by atoms with E-state index in [1.165, 1.54) is 12.8 Å². The van der Waals surface area contributed by atoms with Crippen molar-refractivity contribution in [3.63, 3.8) is 0 Å². The summed E-state index contributed by atoms with van der Waals surface area (Å²) in [5.74, 6) is 0.569. The minimum absolute atomic E-state index is 0.389. The van der Waals surface area contributed by atoms with Gasteiger partial charge in [0, 0.05) is 5.38 Å². The maximum atomic E-state index is 10.1. The second kappa shape index (κ2) is 2.70. The van der Waals surface area contributed by atoms with Crippen molar-refractivity contribution < 1.29 is 5.11 Å². The quantitative estimate of drug-likeness (QED) is 0.802. The lowest BCUT2D eigenvalue weighted by Crippen LogP contribution is -2.63. The number of aliphatic hydroxyl groups is 1. The van der Waals surface area contributed by atoms with E-state index in [0.29, 0.717) is 5.92 Å². The molecule has 2 aliphatic rings. The molecule has 0 radical (unpaired) electrons. The van der Waals surface area contributed by atoms with Crippen LogP contribution in [0.2, 0.25) is 0 Å². The van der Waals surface area contributed by atoms with Crippen LogP contribution in [-0.4, -0.2) is 28.8 Å². The summed E-state index contributed by atoms with van der Waals surface area (Å²) in [6, 6.07) is 0. The predicted octanol–water partition coefficient (Wildman–Crippen LogP) is 1.41. The summed E-state index contributed by atoms with van der Waals surface area (Å²) in [6.07, 6.45) is 2.42. The van der Waals surface area contributed by atoms with Crippen LogP contribution in [0.1, 0.15) is 18.5 Å². The maximum Gasteiger partial charge on any atom is 0.185 e. The first-order chi connectivity index (χ1) is 6.67. The number of hydrogen-bond donors (Lipinski definition) is 1. The first kappa shape index (κ1) is 8.68. The Labute approximate surface area is 87.4 Å². The summed E-state index contributed by atoms with van der Waals surface area (Å²) < 4.78 is 0. The van der Waals surface area contributed by atoms with Crippen molar-refractivity contribution in [2.24, 2.45) is 5.92 Å². The van der Waals surface area contributed by atoms with Crippen LogP contribution in [0.4, 0.5) is 5.13 Å². The highest BCUT2D eigenvalue weighted by Gasteiger charge is 2.52. The molecule has 76 valence electrons. The molecule has 0 aromatic carbocycles. The van der Waals surface area contributed by atoms with Crippen LogP contribution in [0, 0.1) is 12.8 Å². The van der Waals surface area contributed by atoms with Crippen molar-refractivity contribution in [3.05, 3.63) is 11.1 Å². The van der Waals surface area contributed by atoms with E-state index in [1.54, 1.807) is 11.3 Å². The molecule has 0 bridgehead atoms. The standard InChI is InChI=1S/C10H14N2OS/c1-7-4-14-9(11-7)12-5-10(13,6-12)8-2-3-8/h4,8,13H,2-3,5-6H2,1H3. The Morgan fingerprint density at radius 2 is 2.29 bits per heavy atom. The highest BCUT2D eigenvalue weighted by Crippen LogP contribution is 2.45. The van der Waals surface area contributed by atoms with Crippen LogP contribution in [-0.2, 0) is 0 Å². The highest BCUT2D eigenvalue weighted by molar-refractivity contribution is 7.13. The van der Waals surface area contributed by atoms with E-state index in [9.17, 15) is 5.11 Å². The Bertz CT molecular complexity index is 353. The van der Waals surface area contributed by atoms with E-state index >= 15 is 0 Å². The fraction of sp³-hybridized carbons (Fsp3) is 0.700. The third kappa shape index (κ3) is 1.25. The molecule has 0 unspecified atom stereocenters. The largest absolute Gasteiger partial charge is 0.386 e. The van der Waals surface area contributed by atoms with Crippen molar-refractivity contribution >= 4 is 16.5 Å². The van der Waals surface area contributed by atoms with E-state index in [1.807, 2.05) is 6.92 Å². The summed E-state index contributed by atoms with van der Waals surface area (Å²) in [5.41, 5.74) is 0.686. The average molecular weight is 210 g/mol. The van der Waals surface area contributed by atoms with Gasteiger partial charge in [0.1, 0.15) is 5.60 Å². The molecule has 14 heavy (non-hydrogen) atoms. The fourth-order valence-corrected chi connectivity index (χ4v) is 2.92. The molecule has 0 amide bonds. The van der Waals surface area contributed by atoms with Gasteiger partial charge in [-0.05, 0) is 25.7 Å². The number of rotatable bonds is 2. The zero-order valence-electron chi connectivity index (χ0n) is 8.23. The molecule has 3 nitrogen and oxygen atoms in total. The highest BCUT2D eigenvalue weighted by atomic mass is 32.1. The molecule has 2 fully saturated rings. The lowest BCUT2D eigenvalue weighted by atomic mass is 9.89. The molecule has 1 aromatic heterocycles. The Hall–Kier alpha value is -0.610. The van der Waals surface area contributed by atoms with E-state index in [2.05, 4.69) is 15.3 Å². The molecule has 3 rings (SSSR count). The number of aryl methyl sites for hydroxylation is 1. The van der Waals surface area contributed by atoms with E-state index in [4.69, 9.17) is 0 Å². The first-order valence-electron chi connectivity index (χ1n) is 5.07. The van der Waals surface area contributed by atoms with Crippen LogP contribution in [0.25, 0.3) is 0 Å². The minimum Gasteiger partial charge on any atom is -0.386 e. The molecule has 2 heterocycles. The summed E-state index contributed by atoms with van der Waals surface area (Å²) in [6.45, 7) is 3.57. The topological polar surface area (TPSA) is 36.4 Å². The third-order valence-corrected chi connectivity index (χ3v) is 4.16. The lowest BCUT2D eigenvalue weighted by molar-refractivity contribution is -0.00932. The second-order valence-corrected chi connectivity index (χ2v) is 5.34. The number of nitrogens with zero attached hydrogens (tertiary/aromatic N) is 2. The third-order valence-electron chi connectivity index (χ3n) is 3.14. The van der Waals surface area contributed by atoms with Gasteiger partial charge < -0.3 is 10.0 Å². The second-order valence-electron chi connectivity index (χ2n) is 4.51. The Kier molecular flexibility index (Phi) is 1.67. The van der Waals surface area contributed by atoms with Crippen molar-refractivity contribution in [2.45, 2.75) is 25.4 Å². The number of aromatic nitrogens is 1. The first-order valence-corrected chi connectivity index (χ1v) is 5.95. The molecule has 1 saturated heterocycles. The van der Waals surface area contributed by atoms with Gasteiger partial charge in [-0.1, -0.05) is 0 Å². The van der Waals surface area contributed by atoms with Crippen LogP contribution in [0.3, 0.4) is 0 Å². The van der Waals surface area contributed by atoms with Gasteiger partial charge >= 0.3 is 0 Å². The van der Waals surface area contributed by atoms with Crippen molar-refractivity contribution in [3.8, 4) is 0 Å². The van der Waals surface area contributed by atoms with Gasteiger partial charge in [0.05, 0.1) is 18.8 Å². The summed E-state index contributed by atoms with van der Waals surface area (Å²) in [4.78, 5) is 6.59. The summed E-state index contributed by atoms with van der Waals surface area (Å²) >= 11 is 1.67. The lowest BCUT2D eigenvalue weighted by Gasteiger charge is -2.46. The van der Waals surface area contributed by atoms with E-state index < -0.39 is 0 Å².